The molecule has 0 heterocycles. The van der Waals surface area contributed by atoms with Crippen molar-refractivity contribution < 1.29 is 13.9 Å². The summed E-state index contributed by atoms with van der Waals surface area (Å²) in [6.45, 7) is -0.239. The Kier molecular flexibility index (Phi) is 5.71. The van der Waals surface area contributed by atoms with E-state index in [-0.39, 0.29) is 17.3 Å². The topological polar surface area (TPSA) is 50.4 Å². The van der Waals surface area contributed by atoms with E-state index in [0.717, 1.165) is 11.4 Å². The molecule has 0 unspecified atom stereocenters. The largest absolute Gasteiger partial charge is 0.484 e. The number of hydrogen-bond acceptors (Lipinski definition) is 3. The van der Waals surface area contributed by atoms with Gasteiger partial charge in [0.2, 0.25) is 0 Å². The quantitative estimate of drug-likeness (QED) is 0.623. The van der Waals surface area contributed by atoms with Crippen LogP contribution >= 0.6 is 11.6 Å². The van der Waals surface area contributed by atoms with Crippen molar-refractivity contribution in [2.45, 2.75) is 0 Å². The Labute approximate surface area is 155 Å². The van der Waals surface area contributed by atoms with Gasteiger partial charge in [-0.15, -0.1) is 0 Å². The van der Waals surface area contributed by atoms with E-state index in [4.69, 9.17) is 16.3 Å². The number of hydrogen-bond donors (Lipinski definition) is 2. The molecule has 0 atom stereocenters. The summed E-state index contributed by atoms with van der Waals surface area (Å²) < 4.78 is 19.2. The second kappa shape index (κ2) is 8.36. The lowest BCUT2D eigenvalue weighted by Gasteiger charge is -2.10. The van der Waals surface area contributed by atoms with Gasteiger partial charge in [0.1, 0.15) is 5.75 Å². The maximum absolute atomic E-state index is 13.8. The number of carbonyl (C=O) groups excluding carboxylic acids is 1. The summed E-state index contributed by atoms with van der Waals surface area (Å²) in [5.74, 6) is -0.609. The maximum atomic E-state index is 13.8. The Balaban J connectivity index is 1.53. The number of amides is 1. The number of rotatable bonds is 6. The lowest BCUT2D eigenvalue weighted by atomic mass is 10.2. The fourth-order valence-corrected chi connectivity index (χ4v) is 2.43. The molecular formula is C20H16ClFN2O2. The normalized spacial score (nSPS) is 10.2. The predicted molar refractivity (Wildman–Crippen MR) is 102 cm³/mol. The molecule has 0 bridgehead atoms. The molecule has 4 nitrogen and oxygen atoms in total. The van der Waals surface area contributed by atoms with Crippen LogP contribution < -0.4 is 15.4 Å². The first-order valence-corrected chi connectivity index (χ1v) is 8.28. The van der Waals surface area contributed by atoms with Gasteiger partial charge in [0.15, 0.2) is 12.4 Å². The first kappa shape index (κ1) is 17.8. The summed E-state index contributed by atoms with van der Waals surface area (Å²) in [5, 5.41) is 5.63. The molecule has 26 heavy (non-hydrogen) atoms. The maximum Gasteiger partial charge on any atom is 0.262 e. The second-order valence-corrected chi connectivity index (χ2v) is 5.86. The van der Waals surface area contributed by atoms with E-state index in [9.17, 15) is 9.18 Å². The zero-order chi connectivity index (χ0) is 18.4. The molecule has 3 rings (SSSR count). The van der Waals surface area contributed by atoms with Crippen LogP contribution in [-0.4, -0.2) is 12.5 Å². The minimum absolute atomic E-state index is 0.0218. The fourth-order valence-electron chi connectivity index (χ4n) is 2.26. The smallest absolute Gasteiger partial charge is 0.262 e. The molecule has 0 spiro atoms. The molecule has 0 fully saturated rings. The third kappa shape index (κ3) is 4.74. The highest BCUT2D eigenvalue weighted by molar-refractivity contribution is 6.31. The Morgan fingerprint density at radius 1 is 0.923 bits per heavy atom. The zero-order valence-electron chi connectivity index (χ0n) is 13.7. The van der Waals surface area contributed by atoms with Gasteiger partial charge in [0.05, 0.1) is 10.7 Å². The summed E-state index contributed by atoms with van der Waals surface area (Å²) in [7, 11) is 0. The molecule has 2 N–H and O–H groups in total. The van der Waals surface area contributed by atoms with Crippen LogP contribution in [0.2, 0.25) is 5.02 Å². The van der Waals surface area contributed by atoms with Crippen molar-refractivity contribution in [3.63, 3.8) is 0 Å². The predicted octanol–water partition coefficient (Wildman–Crippen LogP) is 5.24. The van der Waals surface area contributed by atoms with Crippen LogP contribution in [-0.2, 0) is 4.79 Å². The van der Waals surface area contributed by atoms with Gasteiger partial charge in [-0.1, -0.05) is 35.9 Å². The summed E-state index contributed by atoms with van der Waals surface area (Å²) in [6.07, 6.45) is 0. The van der Waals surface area contributed by atoms with E-state index in [1.807, 2.05) is 42.5 Å². The van der Waals surface area contributed by atoms with Crippen molar-refractivity contribution in [1.29, 1.82) is 0 Å². The lowest BCUT2D eigenvalue weighted by Crippen LogP contribution is -2.20. The van der Waals surface area contributed by atoms with Gasteiger partial charge in [-0.2, -0.15) is 0 Å². The number of para-hydroxylation sites is 1. The van der Waals surface area contributed by atoms with Gasteiger partial charge in [-0.3, -0.25) is 4.79 Å². The molecule has 1 amide bonds. The Bertz CT molecular complexity index is 886. The fraction of sp³-hybridized carbons (Fsp3) is 0.0500. The number of carbonyl (C=O) groups is 1. The Hall–Kier alpha value is -3.05. The molecule has 132 valence electrons. The summed E-state index contributed by atoms with van der Waals surface area (Å²) in [4.78, 5) is 11.9. The van der Waals surface area contributed by atoms with Crippen molar-refractivity contribution in [1.82, 2.24) is 0 Å². The van der Waals surface area contributed by atoms with Crippen LogP contribution in [0.25, 0.3) is 0 Å². The summed E-state index contributed by atoms with van der Waals surface area (Å²) in [5.41, 5.74) is 1.90. The van der Waals surface area contributed by atoms with Crippen LogP contribution in [0.3, 0.4) is 0 Å². The molecular weight excluding hydrogens is 355 g/mol. The molecule has 0 aliphatic carbocycles. The van der Waals surface area contributed by atoms with E-state index < -0.39 is 11.7 Å². The molecule has 0 aliphatic heterocycles. The molecule has 0 radical (unpaired) electrons. The first-order valence-electron chi connectivity index (χ1n) is 7.90. The second-order valence-electron chi connectivity index (χ2n) is 5.45. The van der Waals surface area contributed by atoms with Crippen LogP contribution in [0.1, 0.15) is 0 Å². The van der Waals surface area contributed by atoms with Crippen molar-refractivity contribution in [2.24, 2.45) is 0 Å². The molecule has 3 aromatic rings. The molecule has 6 heteroatoms. The van der Waals surface area contributed by atoms with Crippen molar-refractivity contribution in [3.8, 4) is 5.75 Å². The standard InChI is InChI=1S/C20H16ClFN2O2/c21-17-7-4-8-18(20(17)22)24-19(25)13-26-16-11-9-15(10-12-16)23-14-5-2-1-3-6-14/h1-12,23H,13H2,(H,24,25). The highest BCUT2D eigenvalue weighted by Crippen LogP contribution is 2.22. The van der Waals surface area contributed by atoms with Crippen molar-refractivity contribution >= 4 is 34.6 Å². The highest BCUT2D eigenvalue weighted by atomic mass is 35.5. The number of halogens is 2. The number of anilines is 3. The van der Waals surface area contributed by atoms with Gasteiger partial charge in [0.25, 0.3) is 5.91 Å². The first-order chi connectivity index (χ1) is 12.6. The average Bonchev–Trinajstić information content (AvgIpc) is 2.66. The van der Waals surface area contributed by atoms with Gasteiger partial charge in [0, 0.05) is 11.4 Å². The van der Waals surface area contributed by atoms with Gasteiger partial charge >= 0.3 is 0 Å². The van der Waals surface area contributed by atoms with Gasteiger partial charge in [-0.05, 0) is 48.5 Å². The van der Waals surface area contributed by atoms with Gasteiger partial charge < -0.3 is 15.4 Å². The Morgan fingerprint density at radius 2 is 1.62 bits per heavy atom. The Morgan fingerprint density at radius 3 is 2.35 bits per heavy atom. The lowest BCUT2D eigenvalue weighted by molar-refractivity contribution is -0.118. The van der Waals surface area contributed by atoms with Crippen LogP contribution in [0, 0.1) is 5.82 Å². The zero-order valence-corrected chi connectivity index (χ0v) is 14.5. The minimum Gasteiger partial charge on any atom is -0.484 e. The summed E-state index contributed by atoms with van der Waals surface area (Å²) in [6, 6.07) is 21.3. The van der Waals surface area contributed by atoms with Crippen LogP contribution in [0.5, 0.6) is 5.75 Å². The van der Waals surface area contributed by atoms with Crippen LogP contribution in [0.4, 0.5) is 21.5 Å². The molecule has 0 aromatic heterocycles. The third-order valence-electron chi connectivity index (χ3n) is 3.51. The monoisotopic (exact) mass is 370 g/mol. The number of benzene rings is 3. The molecule has 0 aliphatic rings. The van der Waals surface area contributed by atoms with E-state index >= 15 is 0 Å². The van der Waals surface area contributed by atoms with Gasteiger partial charge in [-0.25, -0.2) is 4.39 Å². The molecule has 3 aromatic carbocycles. The number of nitrogens with one attached hydrogen (secondary N) is 2. The van der Waals surface area contributed by atoms with E-state index in [1.54, 1.807) is 18.2 Å². The molecule has 0 saturated heterocycles. The minimum atomic E-state index is -0.668. The SMILES string of the molecule is O=C(COc1ccc(Nc2ccccc2)cc1)Nc1cccc(Cl)c1F. The van der Waals surface area contributed by atoms with Crippen molar-refractivity contribution in [3.05, 3.63) is 83.6 Å². The number of ether oxygens (including phenoxy) is 1. The van der Waals surface area contributed by atoms with E-state index in [0.29, 0.717) is 5.75 Å². The van der Waals surface area contributed by atoms with E-state index in [1.165, 1.54) is 12.1 Å². The van der Waals surface area contributed by atoms with Crippen molar-refractivity contribution in [2.75, 3.05) is 17.2 Å². The van der Waals surface area contributed by atoms with E-state index in [2.05, 4.69) is 10.6 Å². The average molecular weight is 371 g/mol. The third-order valence-corrected chi connectivity index (χ3v) is 3.80. The molecule has 0 saturated carbocycles. The highest BCUT2D eigenvalue weighted by Gasteiger charge is 2.10. The van der Waals surface area contributed by atoms with Crippen LogP contribution in [0.15, 0.2) is 72.8 Å². The summed E-state index contributed by atoms with van der Waals surface area (Å²) >= 11 is 5.68.